The van der Waals surface area contributed by atoms with Crippen LogP contribution in [0.4, 0.5) is 0 Å². The third-order valence-corrected chi connectivity index (χ3v) is 2.08. The van der Waals surface area contributed by atoms with Gasteiger partial charge >= 0.3 is 8.97 Å². The maximum absolute atomic E-state index is 10.2. The summed E-state index contributed by atoms with van der Waals surface area (Å²) in [5.41, 5.74) is 0. The number of nitrogens with one attached hydrogen (secondary N) is 1. The molecule has 0 aromatic rings. The molecule has 10 heavy (non-hydrogen) atoms. The van der Waals surface area contributed by atoms with Gasteiger partial charge in [-0.1, -0.05) is 6.92 Å². The van der Waals surface area contributed by atoms with Gasteiger partial charge in [0.1, 0.15) is 0 Å². The molecule has 0 unspecified atom stereocenters. The van der Waals surface area contributed by atoms with Gasteiger partial charge in [-0.2, -0.15) is 0 Å². The highest BCUT2D eigenvalue weighted by atomic mass is 28.4. The Morgan fingerprint density at radius 1 is 1.70 bits per heavy atom. The van der Waals surface area contributed by atoms with E-state index in [9.17, 15) is 4.79 Å². The van der Waals surface area contributed by atoms with Crippen LogP contribution in [0.25, 0.3) is 0 Å². The minimum absolute atomic E-state index is 0.354. The first-order chi connectivity index (χ1) is 4.48. The molecule has 3 N–H and O–H groups in total. The summed E-state index contributed by atoms with van der Waals surface area (Å²) in [5.74, 6) is -0.697. The standard InChI is InChI=1S/C4H11NO4Si/c1-3-5-10(7,8)9-4(2)6/h5,7-8H,3H2,1-2H3. The van der Waals surface area contributed by atoms with Crippen LogP contribution < -0.4 is 4.98 Å². The quantitative estimate of drug-likeness (QED) is 0.447. The van der Waals surface area contributed by atoms with Gasteiger partial charge in [-0.15, -0.1) is 0 Å². The van der Waals surface area contributed by atoms with Crippen molar-refractivity contribution in [2.75, 3.05) is 6.54 Å². The van der Waals surface area contributed by atoms with Crippen LogP contribution in [-0.4, -0.2) is 31.1 Å². The van der Waals surface area contributed by atoms with Crippen molar-refractivity contribution >= 4 is 14.9 Å². The molecule has 0 fully saturated rings. The van der Waals surface area contributed by atoms with Crippen LogP contribution >= 0.6 is 0 Å². The summed E-state index contributed by atoms with van der Waals surface area (Å²) in [6.45, 7) is 3.15. The Balaban J connectivity index is 3.74. The first-order valence-electron chi connectivity index (χ1n) is 2.87. The zero-order valence-corrected chi connectivity index (χ0v) is 6.92. The van der Waals surface area contributed by atoms with Gasteiger partial charge in [0.05, 0.1) is 0 Å². The molecule has 0 spiro atoms. The number of rotatable bonds is 3. The Morgan fingerprint density at radius 2 is 2.20 bits per heavy atom. The van der Waals surface area contributed by atoms with E-state index >= 15 is 0 Å². The van der Waals surface area contributed by atoms with Crippen molar-refractivity contribution in [2.45, 2.75) is 13.8 Å². The molecular formula is C4H11NO4Si. The van der Waals surface area contributed by atoms with Gasteiger partial charge in [0, 0.05) is 6.92 Å². The monoisotopic (exact) mass is 165 g/mol. The number of carbonyl (C=O) groups excluding carboxylic acids is 1. The van der Waals surface area contributed by atoms with Gasteiger partial charge in [-0.3, -0.25) is 9.78 Å². The number of carbonyl (C=O) groups is 1. The molecule has 6 heteroatoms. The van der Waals surface area contributed by atoms with E-state index < -0.39 is 14.9 Å². The maximum atomic E-state index is 10.2. The number of hydrogen-bond donors (Lipinski definition) is 3. The number of hydrogen-bond acceptors (Lipinski definition) is 5. The summed E-state index contributed by atoms with van der Waals surface area (Å²) in [7, 11) is -3.87. The fourth-order valence-electron chi connectivity index (χ4n) is 0.467. The molecule has 0 aliphatic carbocycles. The Kier molecular flexibility index (Phi) is 3.51. The molecule has 0 aliphatic heterocycles. The van der Waals surface area contributed by atoms with E-state index in [2.05, 4.69) is 9.41 Å². The third-order valence-electron chi connectivity index (χ3n) is 0.693. The minimum Gasteiger partial charge on any atom is -0.462 e. The Hall–Kier alpha value is -0.433. The van der Waals surface area contributed by atoms with Crippen LogP contribution in [0.5, 0.6) is 0 Å². The average Bonchev–Trinajstić information content (AvgIpc) is 1.59. The Morgan fingerprint density at radius 3 is 2.50 bits per heavy atom. The average molecular weight is 165 g/mol. The van der Waals surface area contributed by atoms with Gasteiger partial charge in [0.25, 0.3) is 5.97 Å². The van der Waals surface area contributed by atoms with E-state index in [0.29, 0.717) is 6.54 Å². The van der Waals surface area contributed by atoms with E-state index in [0.717, 1.165) is 6.92 Å². The van der Waals surface area contributed by atoms with Crippen molar-refractivity contribution in [1.82, 2.24) is 4.98 Å². The SMILES string of the molecule is CCN[Si](O)(O)OC(C)=O. The van der Waals surface area contributed by atoms with Crippen molar-refractivity contribution in [3.8, 4) is 0 Å². The van der Waals surface area contributed by atoms with Crippen molar-refractivity contribution in [2.24, 2.45) is 0 Å². The van der Waals surface area contributed by atoms with Crippen molar-refractivity contribution < 1.29 is 18.8 Å². The Labute approximate surface area is 60.1 Å². The molecule has 0 aliphatic rings. The molecule has 0 atom stereocenters. The van der Waals surface area contributed by atoms with Gasteiger partial charge in [-0.25, -0.2) is 0 Å². The van der Waals surface area contributed by atoms with Gasteiger partial charge in [-0.05, 0) is 6.54 Å². The maximum Gasteiger partial charge on any atom is 0.661 e. The normalized spacial score (nSPS) is 11.2. The molecule has 0 amide bonds. The minimum atomic E-state index is -3.87. The topological polar surface area (TPSA) is 78.8 Å². The second-order valence-electron chi connectivity index (χ2n) is 1.73. The molecular weight excluding hydrogens is 154 g/mol. The van der Waals surface area contributed by atoms with Crippen LogP contribution in [0, 0.1) is 0 Å². The molecule has 0 rings (SSSR count). The van der Waals surface area contributed by atoms with Crippen LogP contribution in [0.3, 0.4) is 0 Å². The van der Waals surface area contributed by atoms with E-state index in [4.69, 9.17) is 9.59 Å². The zero-order valence-electron chi connectivity index (χ0n) is 5.92. The lowest BCUT2D eigenvalue weighted by Crippen LogP contribution is -2.55. The lowest BCUT2D eigenvalue weighted by atomic mass is 10.8. The summed E-state index contributed by atoms with van der Waals surface area (Å²) >= 11 is 0. The molecule has 0 aromatic heterocycles. The fraction of sp³-hybridized carbons (Fsp3) is 0.750. The van der Waals surface area contributed by atoms with E-state index in [-0.39, 0.29) is 0 Å². The van der Waals surface area contributed by atoms with Crippen LogP contribution in [0.1, 0.15) is 13.8 Å². The largest absolute Gasteiger partial charge is 0.661 e. The fourth-order valence-corrected chi connectivity index (χ4v) is 1.40. The van der Waals surface area contributed by atoms with E-state index in [1.54, 1.807) is 6.92 Å². The van der Waals surface area contributed by atoms with Crippen LogP contribution in [0.2, 0.25) is 0 Å². The summed E-state index contributed by atoms with van der Waals surface area (Å²) < 4.78 is 4.18. The van der Waals surface area contributed by atoms with Crippen molar-refractivity contribution in [1.29, 1.82) is 0 Å². The molecule has 5 nitrogen and oxygen atoms in total. The second kappa shape index (κ2) is 3.67. The van der Waals surface area contributed by atoms with E-state index in [1.807, 2.05) is 0 Å². The molecule has 0 bridgehead atoms. The van der Waals surface area contributed by atoms with Crippen molar-refractivity contribution in [3.05, 3.63) is 0 Å². The predicted octanol–water partition coefficient (Wildman–Crippen LogP) is -1.42. The third kappa shape index (κ3) is 4.45. The molecule has 0 saturated heterocycles. The first kappa shape index (κ1) is 9.57. The summed E-state index contributed by atoms with van der Waals surface area (Å²) in [6, 6.07) is 0. The highest BCUT2D eigenvalue weighted by molar-refractivity contribution is 6.56. The highest BCUT2D eigenvalue weighted by Gasteiger charge is 2.35. The predicted molar refractivity (Wildman–Crippen MR) is 35.6 cm³/mol. The van der Waals surface area contributed by atoms with Gasteiger partial charge in [0.15, 0.2) is 0 Å². The lowest BCUT2D eigenvalue weighted by molar-refractivity contribution is -0.135. The molecule has 0 radical (unpaired) electrons. The molecule has 0 heterocycles. The second-order valence-corrected chi connectivity index (χ2v) is 3.51. The first-order valence-corrected chi connectivity index (χ1v) is 4.67. The van der Waals surface area contributed by atoms with Crippen LogP contribution in [-0.2, 0) is 9.22 Å². The van der Waals surface area contributed by atoms with Gasteiger partial charge in [0.2, 0.25) is 0 Å². The summed E-state index contributed by atoms with van der Waals surface area (Å²) in [4.78, 5) is 30.1. The Bertz CT molecular complexity index is 126. The summed E-state index contributed by atoms with van der Waals surface area (Å²) in [5, 5.41) is 0. The zero-order chi connectivity index (χ0) is 8.20. The van der Waals surface area contributed by atoms with Gasteiger partial charge < -0.3 is 14.0 Å². The smallest absolute Gasteiger partial charge is 0.462 e. The molecule has 60 valence electrons. The van der Waals surface area contributed by atoms with Crippen LogP contribution in [0.15, 0.2) is 0 Å². The molecule has 0 aromatic carbocycles. The highest BCUT2D eigenvalue weighted by Crippen LogP contribution is 1.89. The summed E-state index contributed by atoms with van der Waals surface area (Å²) in [6.07, 6.45) is 0. The lowest BCUT2D eigenvalue weighted by Gasteiger charge is -2.15. The van der Waals surface area contributed by atoms with E-state index in [1.165, 1.54) is 0 Å². The molecule has 0 saturated carbocycles. The van der Waals surface area contributed by atoms with Crippen molar-refractivity contribution in [3.63, 3.8) is 0 Å².